The van der Waals surface area contributed by atoms with E-state index in [1.54, 1.807) is 11.8 Å². The van der Waals surface area contributed by atoms with Crippen molar-refractivity contribution in [3.63, 3.8) is 0 Å². The second-order valence-electron chi connectivity index (χ2n) is 9.19. The number of carbonyl (C=O) groups excluding carboxylic acids is 3. The van der Waals surface area contributed by atoms with Crippen molar-refractivity contribution in [1.82, 2.24) is 5.32 Å². The van der Waals surface area contributed by atoms with Crippen LogP contribution in [-0.2, 0) is 23.9 Å². The summed E-state index contributed by atoms with van der Waals surface area (Å²) in [5.74, 6) is -0.940. The number of hydrogen-bond donors (Lipinski definition) is 1. The molecule has 3 rings (SSSR count). The highest BCUT2D eigenvalue weighted by atomic mass is 32.2. The number of nitrogens with one attached hydrogen (secondary N) is 1. The summed E-state index contributed by atoms with van der Waals surface area (Å²) in [6.07, 6.45) is 0.522. The minimum atomic E-state index is -0.889. The summed E-state index contributed by atoms with van der Waals surface area (Å²) in [6, 6.07) is 8.02. The topological polar surface area (TPSA) is 81.7 Å². The molecule has 0 unspecified atom stereocenters. The summed E-state index contributed by atoms with van der Waals surface area (Å²) in [5.41, 5.74) is 4.34. The number of benzene rings is 1. The van der Waals surface area contributed by atoms with Crippen molar-refractivity contribution >= 4 is 29.5 Å². The summed E-state index contributed by atoms with van der Waals surface area (Å²) in [5, 5.41) is 3.30. The number of carbonyl (C=O) groups is 3. The lowest BCUT2D eigenvalue weighted by atomic mass is 9.69. The number of allylic oxidation sites excluding steroid dienone is 3. The van der Waals surface area contributed by atoms with Gasteiger partial charge in [0.15, 0.2) is 5.78 Å². The Bertz CT molecular complexity index is 1010. The Morgan fingerprint density at radius 1 is 1.21 bits per heavy atom. The van der Waals surface area contributed by atoms with E-state index in [0.29, 0.717) is 41.5 Å². The zero-order chi connectivity index (χ0) is 25.0. The molecule has 7 heteroatoms. The monoisotopic (exact) mass is 485 g/mol. The molecular formula is C27H35NO5S. The number of thioether (sulfide) groups is 1. The van der Waals surface area contributed by atoms with Crippen LogP contribution in [0.5, 0.6) is 0 Å². The van der Waals surface area contributed by atoms with E-state index in [0.717, 1.165) is 17.0 Å². The summed E-state index contributed by atoms with van der Waals surface area (Å²) < 4.78 is 10.6. The van der Waals surface area contributed by atoms with Crippen LogP contribution >= 0.6 is 11.8 Å². The number of esters is 2. The summed E-state index contributed by atoms with van der Waals surface area (Å²) >= 11 is 1.70. The van der Waals surface area contributed by atoms with Gasteiger partial charge in [0, 0.05) is 28.6 Å². The molecule has 0 saturated carbocycles. The first-order chi connectivity index (χ1) is 16.2. The fraction of sp³-hybridized carbons (Fsp3) is 0.519. The highest BCUT2D eigenvalue weighted by Crippen LogP contribution is 2.45. The molecule has 0 aromatic heterocycles. The van der Waals surface area contributed by atoms with Crippen LogP contribution < -0.4 is 5.32 Å². The van der Waals surface area contributed by atoms with E-state index in [4.69, 9.17) is 9.47 Å². The third-order valence-electron chi connectivity index (χ3n) is 6.56. The number of hydrogen-bond acceptors (Lipinski definition) is 7. The Kier molecular flexibility index (Phi) is 8.63. The van der Waals surface area contributed by atoms with Gasteiger partial charge >= 0.3 is 11.9 Å². The Hall–Kier alpha value is -2.54. The van der Waals surface area contributed by atoms with Crippen LogP contribution in [0.2, 0.25) is 0 Å². The fourth-order valence-electron chi connectivity index (χ4n) is 4.77. The molecule has 3 atom stereocenters. The normalized spacial score (nSPS) is 22.4. The molecule has 0 fully saturated rings. The van der Waals surface area contributed by atoms with Gasteiger partial charge in [0.05, 0.1) is 12.7 Å². The van der Waals surface area contributed by atoms with Gasteiger partial charge in [0.1, 0.15) is 12.5 Å². The maximum absolute atomic E-state index is 13.7. The number of rotatable bonds is 8. The average molecular weight is 486 g/mol. The maximum atomic E-state index is 13.7. The Balaban J connectivity index is 2.08. The molecule has 1 aliphatic carbocycles. The SMILES string of the molecule is CCSCCOC(=O)C1=C(C)NC2=C(C(=O)[C@H](C(=O)OC)[C@H](C)C2)[C@H]1c1ccc(C(C)C)cc1. The molecule has 0 saturated heterocycles. The highest BCUT2D eigenvalue weighted by Gasteiger charge is 2.47. The lowest BCUT2D eigenvalue weighted by molar-refractivity contribution is -0.151. The molecule has 34 heavy (non-hydrogen) atoms. The first kappa shape index (κ1) is 26.1. The van der Waals surface area contributed by atoms with Gasteiger partial charge in [-0.3, -0.25) is 9.59 Å². The van der Waals surface area contributed by atoms with E-state index in [1.807, 2.05) is 38.1 Å². The molecule has 0 bridgehead atoms. The van der Waals surface area contributed by atoms with E-state index in [9.17, 15) is 14.4 Å². The van der Waals surface area contributed by atoms with Crippen LogP contribution in [0.4, 0.5) is 0 Å². The first-order valence-electron chi connectivity index (χ1n) is 11.9. The predicted molar refractivity (Wildman–Crippen MR) is 134 cm³/mol. The zero-order valence-corrected chi connectivity index (χ0v) is 21.7. The Morgan fingerprint density at radius 2 is 1.88 bits per heavy atom. The van der Waals surface area contributed by atoms with Crippen molar-refractivity contribution in [2.24, 2.45) is 11.8 Å². The second-order valence-corrected chi connectivity index (χ2v) is 10.6. The quantitative estimate of drug-likeness (QED) is 0.324. The number of methoxy groups -OCH3 is 1. The molecule has 184 valence electrons. The number of dihydropyridines is 1. The van der Waals surface area contributed by atoms with Crippen LogP contribution in [-0.4, -0.2) is 42.9 Å². The summed E-state index contributed by atoms with van der Waals surface area (Å²) in [6.45, 7) is 10.3. The number of ether oxygens (including phenoxy) is 2. The molecular weight excluding hydrogens is 450 g/mol. The van der Waals surface area contributed by atoms with E-state index >= 15 is 0 Å². The van der Waals surface area contributed by atoms with Crippen molar-refractivity contribution in [2.45, 2.75) is 52.9 Å². The molecule has 0 amide bonds. The standard InChI is InChI=1S/C27H35NO5S/c1-7-34-13-12-33-27(31)22-17(5)28-20-14-16(4)21(26(30)32-6)25(29)24(20)23(22)19-10-8-18(9-11-19)15(2)3/h8-11,15-16,21,23,28H,7,12-14H2,1-6H3/t16-,21-,23+/m1/s1. The maximum Gasteiger partial charge on any atom is 0.336 e. The predicted octanol–water partition coefficient (Wildman–Crippen LogP) is 4.72. The molecule has 2 aliphatic rings. The Morgan fingerprint density at radius 3 is 2.47 bits per heavy atom. The Labute approximate surface area is 206 Å². The van der Waals surface area contributed by atoms with Crippen LogP contribution in [0.15, 0.2) is 46.8 Å². The van der Waals surface area contributed by atoms with Crippen LogP contribution in [0.25, 0.3) is 0 Å². The van der Waals surface area contributed by atoms with E-state index in [2.05, 4.69) is 26.1 Å². The zero-order valence-electron chi connectivity index (χ0n) is 20.9. The summed E-state index contributed by atoms with van der Waals surface area (Å²) in [7, 11) is 1.30. The summed E-state index contributed by atoms with van der Waals surface area (Å²) in [4.78, 5) is 39.5. The van der Waals surface area contributed by atoms with Gasteiger partial charge in [-0.1, -0.05) is 52.0 Å². The van der Waals surface area contributed by atoms with Crippen LogP contribution in [0, 0.1) is 11.8 Å². The van der Waals surface area contributed by atoms with E-state index in [-0.39, 0.29) is 11.7 Å². The molecule has 1 aromatic carbocycles. The molecule has 1 heterocycles. The van der Waals surface area contributed by atoms with Crippen LogP contribution in [0.3, 0.4) is 0 Å². The van der Waals surface area contributed by atoms with Gasteiger partial charge < -0.3 is 14.8 Å². The lowest BCUT2D eigenvalue weighted by Gasteiger charge is -2.38. The van der Waals surface area contributed by atoms with Gasteiger partial charge in [0.2, 0.25) is 0 Å². The third kappa shape index (κ3) is 5.24. The molecule has 1 aliphatic heterocycles. The number of Topliss-reactive ketones (excluding diaryl/α,β-unsaturated/α-hetero) is 1. The molecule has 6 nitrogen and oxygen atoms in total. The van der Waals surface area contributed by atoms with Gasteiger partial charge in [-0.2, -0.15) is 11.8 Å². The van der Waals surface area contributed by atoms with Gasteiger partial charge in [-0.25, -0.2) is 4.79 Å². The van der Waals surface area contributed by atoms with Crippen molar-refractivity contribution < 1.29 is 23.9 Å². The molecule has 1 N–H and O–H groups in total. The second kappa shape index (κ2) is 11.3. The van der Waals surface area contributed by atoms with Crippen molar-refractivity contribution in [1.29, 1.82) is 0 Å². The van der Waals surface area contributed by atoms with Gasteiger partial charge in [0.25, 0.3) is 0 Å². The van der Waals surface area contributed by atoms with Gasteiger partial charge in [-0.15, -0.1) is 0 Å². The minimum Gasteiger partial charge on any atom is -0.468 e. The average Bonchev–Trinajstić information content (AvgIpc) is 2.80. The van der Waals surface area contributed by atoms with Gasteiger partial charge in [-0.05, 0) is 42.1 Å². The van der Waals surface area contributed by atoms with E-state index in [1.165, 1.54) is 12.7 Å². The van der Waals surface area contributed by atoms with Crippen LogP contribution in [0.1, 0.15) is 64.0 Å². The smallest absolute Gasteiger partial charge is 0.336 e. The fourth-order valence-corrected chi connectivity index (χ4v) is 5.26. The molecule has 0 radical (unpaired) electrons. The molecule has 1 aromatic rings. The molecule has 0 spiro atoms. The van der Waals surface area contributed by atoms with Crippen molar-refractivity contribution in [2.75, 3.05) is 25.2 Å². The lowest BCUT2D eigenvalue weighted by Crippen LogP contribution is -2.43. The van der Waals surface area contributed by atoms with Crippen molar-refractivity contribution in [3.05, 3.63) is 57.9 Å². The minimum absolute atomic E-state index is 0.206. The third-order valence-corrected chi connectivity index (χ3v) is 7.43. The van der Waals surface area contributed by atoms with Crippen molar-refractivity contribution in [3.8, 4) is 0 Å². The first-order valence-corrected chi connectivity index (χ1v) is 13.0. The number of ketones is 1. The van der Waals surface area contributed by atoms with E-state index < -0.39 is 23.8 Å². The largest absolute Gasteiger partial charge is 0.468 e. The highest BCUT2D eigenvalue weighted by molar-refractivity contribution is 7.99.